The molecule has 2 aliphatic heterocycles. The first-order valence-corrected chi connectivity index (χ1v) is 10.5. The number of anilines is 1. The minimum absolute atomic E-state index is 0.256. The summed E-state index contributed by atoms with van der Waals surface area (Å²) in [6.07, 6.45) is 3.79. The van der Waals surface area contributed by atoms with Gasteiger partial charge in [0.2, 0.25) is 11.8 Å². The van der Waals surface area contributed by atoms with E-state index in [2.05, 4.69) is 19.8 Å². The van der Waals surface area contributed by atoms with Gasteiger partial charge in [0.15, 0.2) is 0 Å². The van der Waals surface area contributed by atoms with Crippen LogP contribution in [0.25, 0.3) is 0 Å². The van der Waals surface area contributed by atoms with Gasteiger partial charge in [-0.1, -0.05) is 11.6 Å². The summed E-state index contributed by atoms with van der Waals surface area (Å²) in [4.78, 5) is 27.4. The molecule has 154 valence electrons. The van der Waals surface area contributed by atoms with Crippen LogP contribution in [-0.2, 0) is 4.79 Å². The normalized spacial score (nSPS) is 17.6. The van der Waals surface area contributed by atoms with Crippen LogP contribution in [0.2, 0.25) is 5.02 Å². The van der Waals surface area contributed by atoms with E-state index in [1.807, 2.05) is 36.1 Å². The molecule has 1 aromatic heterocycles. The first-order chi connectivity index (χ1) is 14.1. The Hall–Kier alpha value is -2.38. The van der Waals surface area contributed by atoms with Crippen LogP contribution in [-0.4, -0.2) is 71.5 Å². The molecule has 0 bridgehead atoms. The molecule has 0 saturated carbocycles. The van der Waals surface area contributed by atoms with Crippen molar-refractivity contribution in [2.24, 2.45) is 0 Å². The van der Waals surface area contributed by atoms with Gasteiger partial charge in [-0.2, -0.15) is 0 Å². The summed E-state index contributed by atoms with van der Waals surface area (Å²) in [6, 6.07) is 7.39. The molecule has 3 heterocycles. The molecule has 2 aliphatic rings. The lowest BCUT2D eigenvalue weighted by Crippen LogP contribution is -2.50. The summed E-state index contributed by atoms with van der Waals surface area (Å²) in [5.74, 6) is 2.29. The summed E-state index contributed by atoms with van der Waals surface area (Å²) in [6.45, 7) is 7.61. The summed E-state index contributed by atoms with van der Waals surface area (Å²) in [5, 5.41) is 0.710. The molecular weight excluding hydrogens is 390 g/mol. The number of rotatable bonds is 5. The van der Waals surface area contributed by atoms with Gasteiger partial charge in [-0.15, -0.1) is 0 Å². The number of nitrogens with zero attached hydrogens (tertiary/aromatic N) is 5. The Morgan fingerprint density at radius 2 is 1.83 bits per heavy atom. The number of likely N-dealkylation sites (tertiary alicyclic amines) is 1. The third-order valence-electron chi connectivity index (χ3n) is 5.49. The van der Waals surface area contributed by atoms with Gasteiger partial charge in [0.1, 0.15) is 17.9 Å². The van der Waals surface area contributed by atoms with E-state index in [0.29, 0.717) is 23.2 Å². The highest BCUT2D eigenvalue weighted by atomic mass is 35.5. The predicted molar refractivity (Wildman–Crippen MR) is 113 cm³/mol. The SMILES string of the molecule is Cc1cc(Oc2cc(N3CCN(CC(=O)N4CCCC4)CC3)ncn2)ccc1Cl. The van der Waals surface area contributed by atoms with Gasteiger partial charge in [0.05, 0.1) is 6.54 Å². The second-order valence-corrected chi connectivity index (χ2v) is 7.99. The fourth-order valence-electron chi connectivity index (χ4n) is 3.75. The van der Waals surface area contributed by atoms with Crippen LogP contribution in [0.3, 0.4) is 0 Å². The number of hydrogen-bond acceptors (Lipinski definition) is 6. The van der Waals surface area contributed by atoms with E-state index in [4.69, 9.17) is 16.3 Å². The molecule has 0 unspecified atom stereocenters. The molecule has 2 aromatic rings. The Balaban J connectivity index is 1.33. The fourth-order valence-corrected chi connectivity index (χ4v) is 3.87. The zero-order valence-corrected chi connectivity index (χ0v) is 17.4. The molecule has 8 heteroatoms. The molecule has 0 radical (unpaired) electrons. The number of ether oxygens (including phenoxy) is 1. The largest absolute Gasteiger partial charge is 0.439 e. The molecule has 0 atom stereocenters. The van der Waals surface area contributed by atoms with Gasteiger partial charge >= 0.3 is 0 Å². The van der Waals surface area contributed by atoms with Crippen LogP contribution < -0.4 is 9.64 Å². The molecule has 2 fully saturated rings. The van der Waals surface area contributed by atoms with E-state index in [0.717, 1.165) is 63.5 Å². The van der Waals surface area contributed by atoms with Crippen LogP contribution in [0.1, 0.15) is 18.4 Å². The van der Waals surface area contributed by atoms with Crippen LogP contribution in [0, 0.1) is 6.92 Å². The molecule has 7 nitrogen and oxygen atoms in total. The Labute approximate surface area is 176 Å². The number of aryl methyl sites for hydroxylation is 1. The highest BCUT2D eigenvalue weighted by molar-refractivity contribution is 6.31. The quantitative estimate of drug-likeness (QED) is 0.748. The van der Waals surface area contributed by atoms with E-state index in [1.165, 1.54) is 6.33 Å². The Bertz CT molecular complexity index is 864. The van der Waals surface area contributed by atoms with Gasteiger partial charge < -0.3 is 14.5 Å². The molecule has 1 amide bonds. The van der Waals surface area contributed by atoms with Gasteiger partial charge in [0.25, 0.3) is 0 Å². The standard InChI is InChI=1S/C21H26ClN5O2/c1-16-12-17(4-5-18(16)22)29-20-13-19(23-15-24-20)26-10-8-25(9-11-26)14-21(28)27-6-2-3-7-27/h4-5,12-13,15H,2-3,6-11,14H2,1H3. The van der Waals surface area contributed by atoms with Crippen molar-refractivity contribution < 1.29 is 9.53 Å². The molecule has 2 saturated heterocycles. The maximum absolute atomic E-state index is 12.4. The van der Waals surface area contributed by atoms with E-state index < -0.39 is 0 Å². The minimum atomic E-state index is 0.256. The van der Waals surface area contributed by atoms with Crippen molar-refractivity contribution in [1.82, 2.24) is 19.8 Å². The number of aromatic nitrogens is 2. The fraction of sp³-hybridized carbons (Fsp3) is 0.476. The van der Waals surface area contributed by atoms with Crippen molar-refractivity contribution in [2.45, 2.75) is 19.8 Å². The van der Waals surface area contributed by atoms with Gasteiger partial charge in [-0.25, -0.2) is 9.97 Å². The second-order valence-electron chi connectivity index (χ2n) is 7.58. The predicted octanol–water partition coefficient (Wildman–Crippen LogP) is 2.98. The smallest absolute Gasteiger partial charge is 0.236 e. The van der Waals surface area contributed by atoms with Crippen LogP contribution >= 0.6 is 11.6 Å². The van der Waals surface area contributed by atoms with Gasteiger partial charge in [0, 0.05) is 50.4 Å². The number of hydrogen-bond donors (Lipinski definition) is 0. The monoisotopic (exact) mass is 415 g/mol. The van der Waals surface area contributed by atoms with Crippen molar-refractivity contribution in [1.29, 1.82) is 0 Å². The highest BCUT2D eigenvalue weighted by Crippen LogP contribution is 2.26. The number of halogens is 1. The Morgan fingerprint density at radius 3 is 2.55 bits per heavy atom. The molecule has 1 aromatic carbocycles. The number of carbonyl (C=O) groups is 1. The van der Waals surface area contributed by atoms with E-state index >= 15 is 0 Å². The van der Waals surface area contributed by atoms with Crippen molar-refractivity contribution >= 4 is 23.3 Å². The van der Waals surface area contributed by atoms with Crippen LogP contribution in [0.5, 0.6) is 11.6 Å². The highest BCUT2D eigenvalue weighted by Gasteiger charge is 2.24. The number of amides is 1. The molecule has 0 spiro atoms. The molecular formula is C21H26ClN5O2. The lowest BCUT2D eigenvalue weighted by molar-refractivity contribution is -0.131. The third-order valence-corrected chi connectivity index (χ3v) is 5.92. The molecule has 4 rings (SSSR count). The van der Waals surface area contributed by atoms with E-state index in [1.54, 1.807) is 0 Å². The zero-order chi connectivity index (χ0) is 20.2. The van der Waals surface area contributed by atoms with Crippen LogP contribution in [0.4, 0.5) is 5.82 Å². The number of carbonyl (C=O) groups excluding carboxylic acids is 1. The number of benzene rings is 1. The second kappa shape index (κ2) is 8.97. The van der Waals surface area contributed by atoms with Crippen molar-refractivity contribution in [3.63, 3.8) is 0 Å². The van der Waals surface area contributed by atoms with Crippen molar-refractivity contribution in [3.8, 4) is 11.6 Å². The zero-order valence-electron chi connectivity index (χ0n) is 16.7. The van der Waals surface area contributed by atoms with Crippen molar-refractivity contribution in [2.75, 3.05) is 50.7 Å². The molecule has 0 aliphatic carbocycles. The number of piperazine rings is 1. The van der Waals surface area contributed by atoms with Crippen molar-refractivity contribution in [3.05, 3.63) is 41.2 Å². The average Bonchev–Trinajstić information content (AvgIpc) is 3.27. The lowest BCUT2D eigenvalue weighted by Gasteiger charge is -2.35. The summed E-state index contributed by atoms with van der Waals surface area (Å²) in [7, 11) is 0. The van der Waals surface area contributed by atoms with Gasteiger partial charge in [-0.3, -0.25) is 9.69 Å². The Morgan fingerprint density at radius 1 is 1.07 bits per heavy atom. The van der Waals surface area contributed by atoms with E-state index in [-0.39, 0.29) is 5.91 Å². The summed E-state index contributed by atoms with van der Waals surface area (Å²) < 4.78 is 5.88. The Kier molecular flexibility index (Phi) is 6.16. The summed E-state index contributed by atoms with van der Waals surface area (Å²) in [5.41, 5.74) is 0.957. The molecule has 29 heavy (non-hydrogen) atoms. The van der Waals surface area contributed by atoms with Gasteiger partial charge in [-0.05, 0) is 43.5 Å². The summed E-state index contributed by atoms with van der Waals surface area (Å²) >= 11 is 6.07. The lowest BCUT2D eigenvalue weighted by atomic mass is 10.2. The topological polar surface area (TPSA) is 61.8 Å². The average molecular weight is 416 g/mol. The third kappa shape index (κ3) is 4.97. The molecule has 0 N–H and O–H groups in total. The minimum Gasteiger partial charge on any atom is -0.439 e. The first kappa shape index (κ1) is 19.9. The maximum Gasteiger partial charge on any atom is 0.236 e. The first-order valence-electron chi connectivity index (χ1n) is 10.1. The van der Waals surface area contributed by atoms with E-state index in [9.17, 15) is 4.79 Å². The maximum atomic E-state index is 12.4. The van der Waals surface area contributed by atoms with Crippen LogP contribution in [0.15, 0.2) is 30.6 Å².